The zero-order valence-electron chi connectivity index (χ0n) is 14.5. The lowest BCUT2D eigenvalue weighted by atomic mass is 10.1. The van der Waals surface area contributed by atoms with Crippen LogP contribution in [0, 0.1) is 0 Å². The van der Waals surface area contributed by atoms with Crippen LogP contribution in [0.25, 0.3) is 11.3 Å². The topological polar surface area (TPSA) is 58.4 Å². The molecule has 0 radical (unpaired) electrons. The first-order valence-electron chi connectivity index (χ1n) is 8.87. The number of nitrogens with zero attached hydrogens (tertiary/aromatic N) is 2. The highest BCUT2D eigenvalue weighted by atomic mass is 16.5. The monoisotopic (exact) mass is 347 g/mol. The molecule has 132 valence electrons. The summed E-state index contributed by atoms with van der Waals surface area (Å²) in [6, 6.07) is 21.9. The second-order valence-corrected chi connectivity index (χ2v) is 6.62. The maximum atomic E-state index is 12.5. The van der Waals surface area contributed by atoms with E-state index in [1.807, 2.05) is 36.4 Å². The van der Waals surface area contributed by atoms with E-state index in [2.05, 4.69) is 39.6 Å². The molecule has 2 aromatic carbocycles. The quantitative estimate of drug-likeness (QED) is 0.769. The lowest BCUT2D eigenvalue weighted by molar-refractivity contribution is 0.0928. The Bertz CT molecular complexity index is 861. The van der Waals surface area contributed by atoms with Gasteiger partial charge in [-0.15, -0.1) is 0 Å². The SMILES string of the molecule is O=C(N[C@@H]1CCN(Cc2ccccc2)C1)c1cc(-c2ccccc2)on1. The van der Waals surface area contributed by atoms with Gasteiger partial charge in [0.2, 0.25) is 0 Å². The smallest absolute Gasteiger partial charge is 0.273 e. The van der Waals surface area contributed by atoms with Crippen LogP contribution < -0.4 is 5.32 Å². The zero-order chi connectivity index (χ0) is 17.8. The van der Waals surface area contributed by atoms with Crippen LogP contribution in [0.1, 0.15) is 22.5 Å². The molecule has 1 saturated heterocycles. The molecule has 0 bridgehead atoms. The van der Waals surface area contributed by atoms with Gasteiger partial charge in [0.25, 0.3) is 5.91 Å². The predicted octanol–water partition coefficient (Wildman–Crippen LogP) is 3.35. The van der Waals surface area contributed by atoms with E-state index < -0.39 is 0 Å². The van der Waals surface area contributed by atoms with Crippen molar-refractivity contribution < 1.29 is 9.32 Å². The Kier molecular flexibility index (Phi) is 4.80. The fourth-order valence-electron chi connectivity index (χ4n) is 3.32. The van der Waals surface area contributed by atoms with Crippen LogP contribution in [-0.2, 0) is 6.54 Å². The molecule has 0 unspecified atom stereocenters. The van der Waals surface area contributed by atoms with Gasteiger partial charge in [-0.3, -0.25) is 9.69 Å². The van der Waals surface area contributed by atoms with Gasteiger partial charge in [0.1, 0.15) is 0 Å². The van der Waals surface area contributed by atoms with E-state index >= 15 is 0 Å². The molecule has 1 aromatic heterocycles. The molecule has 5 heteroatoms. The van der Waals surface area contributed by atoms with Crippen LogP contribution in [0.2, 0.25) is 0 Å². The van der Waals surface area contributed by atoms with E-state index in [0.717, 1.165) is 31.6 Å². The summed E-state index contributed by atoms with van der Waals surface area (Å²) in [6.45, 7) is 2.74. The van der Waals surface area contributed by atoms with Gasteiger partial charge in [-0.05, 0) is 12.0 Å². The number of nitrogens with one attached hydrogen (secondary N) is 1. The second kappa shape index (κ2) is 7.54. The van der Waals surface area contributed by atoms with Crippen LogP contribution in [0.5, 0.6) is 0 Å². The molecule has 0 spiro atoms. The van der Waals surface area contributed by atoms with Gasteiger partial charge in [-0.2, -0.15) is 0 Å². The highest BCUT2D eigenvalue weighted by molar-refractivity contribution is 5.93. The molecular formula is C21H21N3O2. The molecule has 5 nitrogen and oxygen atoms in total. The van der Waals surface area contributed by atoms with Crippen LogP contribution in [0.4, 0.5) is 0 Å². The second-order valence-electron chi connectivity index (χ2n) is 6.62. The number of hydrogen-bond acceptors (Lipinski definition) is 4. The molecule has 2 heterocycles. The van der Waals surface area contributed by atoms with Crippen molar-refractivity contribution >= 4 is 5.91 Å². The van der Waals surface area contributed by atoms with Crippen molar-refractivity contribution in [1.82, 2.24) is 15.4 Å². The van der Waals surface area contributed by atoms with Crippen molar-refractivity contribution in [3.05, 3.63) is 78.0 Å². The summed E-state index contributed by atoms with van der Waals surface area (Å²) in [4.78, 5) is 14.8. The standard InChI is InChI=1S/C21H21N3O2/c25-21(19-13-20(26-23-19)17-9-5-2-6-10-17)22-18-11-12-24(15-18)14-16-7-3-1-4-8-16/h1-10,13,18H,11-12,14-15H2,(H,22,25)/t18-/m1/s1. The lowest BCUT2D eigenvalue weighted by Crippen LogP contribution is -2.37. The first kappa shape index (κ1) is 16.5. The van der Waals surface area contributed by atoms with Crippen LogP contribution in [0.15, 0.2) is 71.3 Å². The first-order valence-corrected chi connectivity index (χ1v) is 8.87. The van der Waals surface area contributed by atoms with Gasteiger partial charge in [0, 0.05) is 37.3 Å². The molecule has 26 heavy (non-hydrogen) atoms. The van der Waals surface area contributed by atoms with Gasteiger partial charge in [0.05, 0.1) is 0 Å². The third-order valence-electron chi connectivity index (χ3n) is 4.66. The molecule has 1 N–H and O–H groups in total. The van der Waals surface area contributed by atoms with Crippen molar-refractivity contribution in [1.29, 1.82) is 0 Å². The third-order valence-corrected chi connectivity index (χ3v) is 4.66. The fraction of sp³-hybridized carbons (Fsp3) is 0.238. The normalized spacial score (nSPS) is 17.3. The van der Waals surface area contributed by atoms with Crippen molar-refractivity contribution in [2.24, 2.45) is 0 Å². The van der Waals surface area contributed by atoms with Gasteiger partial charge >= 0.3 is 0 Å². The Hall–Kier alpha value is -2.92. The summed E-state index contributed by atoms with van der Waals surface area (Å²) in [5, 5.41) is 6.99. The van der Waals surface area contributed by atoms with Crippen molar-refractivity contribution in [2.45, 2.75) is 19.0 Å². The van der Waals surface area contributed by atoms with E-state index in [0.29, 0.717) is 11.5 Å². The van der Waals surface area contributed by atoms with E-state index in [1.165, 1.54) is 5.56 Å². The minimum absolute atomic E-state index is 0.142. The highest BCUT2D eigenvalue weighted by Crippen LogP contribution is 2.20. The highest BCUT2D eigenvalue weighted by Gasteiger charge is 2.25. The molecule has 4 rings (SSSR count). The Balaban J connectivity index is 1.33. The van der Waals surface area contributed by atoms with Crippen LogP contribution in [0.3, 0.4) is 0 Å². The van der Waals surface area contributed by atoms with E-state index in [-0.39, 0.29) is 11.9 Å². The summed E-state index contributed by atoms with van der Waals surface area (Å²) in [7, 11) is 0. The molecule has 1 atom stereocenters. The van der Waals surface area contributed by atoms with E-state index in [9.17, 15) is 4.79 Å². The van der Waals surface area contributed by atoms with Gasteiger partial charge in [-0.1, -0.05) is 65.8 Å². The van der Waals surface area contributed by atoms with E-state index in [1.54, 1.807) is 6.07 Å². The molecule has 0 saturated carbocycles. The Morgan fingerprint density at radius 2 is 1.85 bits per heavy atom. The molecule has 3 aromatic rings. The number of carbonyl (C=O) groups excluding carboxylic acids is 1. The molecule has 1 fully saturated rings. The van der Waals surface area contributed by atoms with Crippen LogP contribution in [-0.4, -0.2) is 35.1 Å². The van der Waals surface area contributed by atoms with Crippen molar-refractivity contribution in [3.8, 4) is 11.3 Å². The molecule has 1 aliphatic rings. The minimum atomic E-state index is -0.178. The largest absolute Gasteiger partial charge is 0.355 e. The van der Waals surface area contributed by atoms with Gasteiger partial charge < -0.3 is 9.84 Å². The van der Waals surface area contributed by atoms with Crippen LogP contribution >= 0.6 is 0 Å². The molecule has 1 aliphatic heterocycles. The zero-order valence-corrected chi connectivity index (χ0v) is 14.5. The maximum Gasteiger partial charge on any atom is 0.273 e. The number of hydrogen-bond donors (Lipinski definition) is 1. The predicted molar refractivity (Wildman–Crippen MR) is 99.5 cm³/mol. The first-order chi connectivity index (χ1) is 12.8. The number of likely N-dealkylation sites (tertiary alicyclic amines) is 1. The molecule has 1 amide bonds. The number of amides is 1. The van der Waals surface area contributed by atoms with Gasteiger partial charge in [0.15, 0.2) is 11.5 Å². The third kappa shape index (κ3) is 3.83. The average Bonchev–Trinajstić information content (AvgIpc) is 3.33. The van der Waals surface area contributed by atoms with Crippen molar-refractivity contribution in [2.75, 3.05) is 13.1 Å². The molecule has 0 aliphatic carbocycles. The Labute approximate surface area is 152 Å². The number of carbonyl (C=O) groups is 1. The summed E-state index contributed by atoms with van der Waals surface area (Å²) in [5.41, 5.74) is 2.53. The molecular weight excluding hydrogens is 326 g/mol. The van der Waals surface area contributed by atoms with Crippen molar-refractivity contribution in [3.63, 3.8) is 0 Å². The average molecular weight is 347 g/mol. The Morgan fingerprint density at radius 3 is 2.62 bits per heavy atom. The van der Waals surface area contributed by atoms with Gasteiger partial charge in [-0.25, -0.2) is 0 Å². The summed E-state index contributed by atoms with van der Waals surface area (Å²) >= 11 is 0. The minimum Gasteiger partial charge on any atom is -0.355 e. The number of benzene rings is 2. The Morgan fingerprint density at radius 1 is 1.12 bits per heavy atom. The lowest BCUT2D eigenvalue weighted by Gasteiger charge is -2.16. The summed E-state index contributed by atoms with van der Waals surface area (Å²) in [5.74, 6) is 0.426. The summed E-state index contributed by atoms with van der Waals surface area (Å²) < 4.78 is 5.32. The van der Waals surface area contributed by atoms with E-state index in [4.69, 9.17) is 4.52 Å². The fourth-order valence-corrected chi connectivity index (χ4v) is 3.32. The maximum absolute atomic E-state index is 12.5. The summed E-state index contributed by atoms with van der Waals surface area (Å²) in [6.07, 6.45) is 0.946. The number of rotatable bonds is 5. The number of aromatic nitrogens is 1.